The van der Waals surface area contributed by atoms with Crippen LogP contribution in [0.1, 0.15) is 67.6 Å². The van der Waals surface area contributed by atoms with Gasteiger partial charge in [0, 0.05) is 23.2 Å². The van der Waals surface area contributed by atoms with Crippen molar-refractivity contribution >= 4 is 23.5 Å². The number of aliphatic hydroxyl groups is 1. The van der Waals surface area contributed by atoms with Crippen LogP contribution in [0.3, 0.4) is 0 Å². The Bertz CT molecular complexity index is 1590. The van der Waals surface area contributed by atoms with Gasteiger partial charge in [0.25, 0.3) is 5.91 Å². The van der Waals surface area contributed by atoms with Crippen molar-refractivity contribution in [3.05, 3.63) is 89.0 Å². The van der Waals surface area contributed by atoms with Crippen molar-refractivity contribution in [1.82, 2.24) is 16.0 Å². The number of carbonyl (C=O) groups excluding carboxylic acids is 3. The van der Waals surface area contributed by atoms with Gasteiger partial charge in [-0.25, -0.2) is 4.79 Å². The van der Waals surface area contributed by atoms with Crippen LogP contribution < -0.4 is 26.6 Å². The molecule has 0 bridgehead atoms. The molecule has 1 aliphatic heterocycles. The minimum Gasteiger partial charge on any atom is -0.393 e. The summed E-state index contributed by atoms with van der Waals surface area (Å²) in [7, 11) is 0. The predicted octanol–water partition coefficient (Wildman–Crippen LogP) is 5.35. The highest BCUT2D eigenvalue weighted by Gasteiger charge is 2.36. The largest absolute Gasteiger partial charge is 0.416 e. The number of benzene rings is 3. The first-order chi connectivity index (χ1) is 22.1. The summed E-state index contributed by atoms with van der Waals surface area (Å²) < 4.78 is 40.9. The minimum absolute atomic E-state index is 0.0240. The van der Waals surface area contributed by atoms with Gasteiger partial charge >= 0.3 is 12.2 Å². The Labute approximate surface area is 272 Å². The zero-order valence-corrected chi connectivity index (χ0v) is 26.9. The Morgan fingerprint density at radius 3 is 2.38 bits per heavy atom. The van der Waals surface area contributed by atoms with Crippen molar-refractivity contribution in [3.8, 4) is 11.1 Å². The summed E-state index contributed by atoms with van der Waals surface area (Å²) in [6, 6.07) is 16.0. The highest BCUT2D eigenvalue weighted by atomic mass is 19.4. The number of aliphatic hydroxyl groups excluding tert-OH is 1. The maximum atomic E-state index is 14.0. The molecule has 3 aromatic carbocycles. The summed E-state index contributed by atoms with van der Waals surface area (Å²) in [4.78, 5) is 41.0. The molecule has 4 rings (SSSR count). The monoisotopic (exact) mass is 653 g/mol. The fraction of sp³-hybridized carbons (Fsp3) is 0.400. The lowest BCUT2D eigenvalue weighted by Crippen LogP contribution is -2.58. The maximum absolute atomic E-state index is 14.0. The van der Waals surface area contributed by atoms with Gasteiger partial charge < -0.3 is 31.7 Å². The summed E-state index contributed by atoms with van der Waals surface area (Å²) in [6.45, 7) is 7.55. The molecule has 0 aromatic heterocycles. The van der Waals surface area contributed by atoms with Gasteiger partial charge in [0.2, 0.25) is 5.91 Å². The van der Waals surface area contributed by atoms with Crippen LogP contribution in [0.5, 0.6) is 0 Å². The average Bonchev–Trinajstić information content (AvgIpc) is 3.12. The number of anilines is 1. The number of alkyl halides is 3. The van der Waals surface area contributed by atoms with Crippen molar-refractivity contribution < 1.29 is 32.7 Å². The van der Waals surface area contributed by atoms with Gasteiger partial charge in [-0.05, 0) is 79.6 Å². The topological polar surface area (TPSA) is 137 Å². The van der Waals surface area contributed by atoms with Gasteiger partial charge in [-0.3, -0.25) is 9.59 Å². The molecule has 4 amide bonds. The second-order valence-electron chi connectivity index (χ2n) is 12.6. The Balaban J connectivity index is 1.61. The summed E-state index contributed by atoms with van der Waals surface area (Å²) in [6.07, 6.45) is -5.57. The minimum atomic E-state index is -4.57. The zero-order chi connectivity index (χ0) is 34.5. The third-order valence-electron chi connectivity index (χ3n) is 8.33. The Kier molecular flexibility index (Phi) is 11.0. The lowest BCUT2D eigenvalue weighted by Gasteiger charge is -2.33. The Hall–Kier alpha value is -4.42. The number of hydrogen-bond acceptors (Lipinski definition) is 5. The van der Waals surface area contributed by atoms with Crippen LogP contribution in [-0.4, -0.2) is 47.8 Å². The second-order valence-corrected chi connectivity index (χ2v) is 12.6. The number of fused-ring (bicyclic) bond motifs is 1. The molecular weight excluding hydrogens is 611 g/mol. The van der Waals surface area contributed by atoms with E-state index >= 15 is 0 Å². The molecule has 3 atom stereocenters. The van der Waals surface area contributed by atoms with Crippen LogP contribution >= 0.6 is 0 Å². The molecule has 0 radical (unpaired) electrons. The number of aryl methyl sites for hydroxylation is 1. The maximum Gasteiger partial charge on any atom is 0.416 e. The molecule has 0 saturated carbocycles. The van der Waals surface area contributed by atoms with Crippen molar-refractivity contribution in [2.24, 2.45) is 11.1 Å². The van der Waals surface area contributed by atoms with E-state index in [1.165, 1.54) is 11.0 Å². The van der Waals surface area contributed by atoms with Gasteiger partial charge in [-0.15, -0.1) is 0 Å². The number of nitrogens with two attached hydrogens (primary N) is 1. The number of urea groups is 1. The number of halogens is 3. The second kappa shape index (κ2) is 14.6. The number of nitrogens with one attached hydrogen (secondary N) is 3. The molecule has 47 heavy (non-hydrogen) atoms. The number of carbonyl (C=O) groups is 3. The summed E-state index contributed by atoms with van der Waals surface area (Å²) in [5.74, 6) is -0.687. The quantitative estimate of drug-likeness (QED) is 0.188. The smallest absolute Gasteiger partial charge is 0.393 e. The SMILES string of the molecule is CCNC(=O)c1ccccc1-c1ccc(CN2C(=O)C(NC(=O)N[C@@H](N)C(C)(C)C[C@@H](C)O)CCc3cc(C(F)(F)F)ccc32)cc1. The number of amides is 4. The molecule has 0 aliphatic carbocycles. The zero-order valence-electron chi connectivity index (χ0n) is 26.9. The van der Waals surface area contributed by atoms with Gasteiger partial charge in [-0.2, -0.15) is 13.2 Å². The van der Waals surface area contributed by atoms with Gasteiger partial charge in [-0.1, -0.05) is 56.3 Å². The fourth-order valence-electron chi connectivity index (χ4n) is 5.84. The molecule has 0 spiro atoms. The molecule has 3 aromatic rings. The van der Waals surface area contributed by atoms with Crippen LogP contribution in [0, 0.1) is 5.41 Å². The van der Waals surface area contributed by atoms with Crippen LogP contribution in [0.15, 0.2) is 66.7 Å². The molecule has 0 fully saturated rings. The van der Waals surface area contributed by atoms with Crippen LogP contribution in [0.2, 0.25) is 0 Å². The van der Waals surface area contributed by atoms with E-state index in [-0.39, 0.29) is 25.3 Å². The van der Waals surface area contributed by atoms with Gasteiger partial charge in [0.15, 0.2) is 0 Å². The van der Waals surface area contributed by atoms with Crippen LogP contribution in [-0.2, 0) is 23.9 Å². The lowest BCUT2D eigenvalue weighted by molar-refractivity contribution is -0.137. The average molecular weight is 654 g/mol. The van der Waals surface area contributed by atoms with Crippen LogP contribution in [0.4, 0.5) is 23.7 Å². The number of nitrogens with zero attached hydrogens (tertiary/aromatic N) is 1. The lowest BCUT2D eigenvalue weighted by atomic mass is 9.84. The summed E-state index contributed by atoms with van der Waals surface area (Å²) >= 11 is 0. The third kappa shape index (κ3) is 8.69. The molecule has 1 unspecified atom stereocenters. The fourth-order valence-corrected chi connectivity index (χ4v) is 5.84. The van der Waals surface area contributed by atoms with E-state index in [1.807, 2.05) is 31.2 Å². The molecule has 0 saturated heterocycles. The Morgan fingerprint density at radius 2 is 1.74 bits per heavy atom. The van der Waals surface area contributed by atoms with Crippen molar-refractivity contribution in [1.29, 1.82) is 0 Å². The normalized spacial score (nSPS) is 16.5. The molecular formula is C35H42F3N5O4. The van der Waals surface area contributed by atoms with Crippen LogP contribution in [0.25, 0.3) is 11.1 Å². The summed E-state index contributed by atoms with van der Waals surface area (Å²) in [5, 5.41) is 17.9. The summed E-state index contributed by atoms with van der Waals surface area (Å²) in [5.41, 5.74) is 8.09. The molecule has 252 valence electrons. The van der Waals surface area contributed by atoms with Crippen molar-refractivity contribution in [2.75, 3.05) is 11.4 Å². The number of rotatable bonds is 10. The van der Waals surface area contributed by atoms with E-state index in [0.717, 1.165) is 23.3 Å². The van der Waals surface area contributed by atoms with E-state index in [2.05, 4.69) is 16.0 Å². The first-order valence-corrected chi connectivity index (χ1v) is 15.6. The number of hydrogen-bond donors (Lipinski definition) is 5. The van der Waals surface area contributed by atoms with Crippen molar-refractivity contribution in [2.45, 2.75) is 78.0 Å². The Morgan fingerprint density at radius 1 is 1.06 bits per heavy atom. The van der Waals surface area contributed by atoms with Gasteiger partial charge in [0.05, 0.1) is 24.4 Å². The van der Waals surface area contributed by atoms with E-state index in [1.54, 1.807) is 45.0 Å². The molecule has 12 heteroatoms. The highest BCUT2D eigenvalue weighted by molar-refractivity contribution is 6.01. The van der Waals surface area contributed by atoms with E-state index < -0.39 is 47.4 Å². The molecule has 1 aliphatic rings. The van der Waals surface area contributed by atoms with Gasteiger partial charge in [0.1, 0.15) is 6.04 Å². The van der Waals surface area contributed by atoms with E-state index in [9.17, 15) is 32.7 Å². The molecule has 6 N–H and O–H groups in total. The first kappa shape index (κ1) is 35.4. The van der Waals surface area contributed by atoms with Crippen molar-refractivity contribution in [3.63, 3.8) is 0 Å². The third-order valence-corrected chi connectivity index (χ3v) is 8.33. The standard InChI is InChI=1S/C35H42F3N5O4/c1-5-40-30(45)27-9-7-6-8-26(27)23-12-10-22(11-13-23)20-43-29-17-15-25(35(36,37)38)18-24(29)14-16-28(31(43)46)41-33(47)42-32(39)34(3,4)19-21(2)44/h6-13,15,17-18,21,28,32,44H,5,14,16,19-20,39H2,1-4H3,(H,40,45)(H2,41,42,47)/t21-,28?,32-/m1/s1. The predicted molar refractivity (Wildman–Crippen MR) is 174 cm³/mol. The highest BCUT2D eigenvalue weighted by Crippen LogP contribution is 2.36. The van der Waals surface area contributed by atoms with E-state index in [4.69, 9.17) is 5.73 Å². The first-order valence-electron chi connectivity index (χ1n) is 15.6. The molecule has 9 nitrogen and oxygen atoms in total. The van der Waals surface area contributed by atoms with E-state index in [0.29, 0.717) is 35.3 Å². The molecule has 1 heterocycles.